The van der Waals surface area contributed by atoms with Gasteiger partial charge < -0.3 is 9.84 Å². The highest BCUT2D eigenvalue weighted by Gasteiger charge is 2.03. The van der Waals surface area contributed by atoms with E-state index in [9.17, 15) is 0 Å². The molecule has 2 aromatic rings. The van der Waals surface area contributed by atoms with E-state index in [-0.39, 0.29) is 0 Å². The molecular weight excluding hydrogens is 216 g/mol. The summed E-state index contributed by atoms with van der Waals surface area (Å²) in [5.74, 6) is 1.39. The molecular formula is C12H12N4O. The van der Waals surface area contributed by atoms with Crippen molar-refractivity contribution in [2.24, 2.45) is 0 Å². The third-order valence-electron chi connectivity index (χ3n) is 2.32. The maximum absolute atomic E-state index is 8.86. The lowest BCUT2D eigenvalue weighted by molar-refractivity contribution is 0.384. The molecule has 1 N–H and O–H groups in total. The van der Waals surface area contributed by atoms with Crippen molar-refractivity contribution >= 4 is 5.82 Å². The van der Waals surface area contributed by atoms with Gasteiger partial charge in [0.2, 0.25) is 0 Å². The molecule has 0 aliphatic carbocycles. The Bertz CT molecular complexity index is 568. The van der Waals surface area contributed by atoms with Crippen LogP contribution >= 0.6 is 0 Å². The van der Waals surface area contributed by atoms with Gasteiger partial charge in [-0.3, -0.25) is 0 Å². The first-order chi connectivity index (χ1) is 8.19. The van der Waals surface area contributed by atoms with Crippen molar-refractivity contribution < 1.29 is 4.52 Å². The van der Waals surface area contributed by atoms with Crippen molar-refractivity contribution in [3.63, 3.8) is 0 Å². The van der Waals surface area contributed by atoms with Crippen molar-refractivity contribution in [2.45, 2.75) is 20.4 Å². The molecule has 0 amide bonds. The summed E-state index contributed by atoms with van der Waals surface area (Å²) >= 11 is 0. The van der Waals surface area contributed by atoms with Crippen molar-refractivity contribution in [2.75, 3.05) is 5.32 Å². The summed E-state index contributed by atoms with van der Waals surface area (Å²) in [4.78, 5) is 4.18. The van der Waals surface area contributed by atoms with Gasteiger partial charge in [0.05, 0.1) is 12.2 Å². The average Bonchev–Trinajstić information content (AvgIpc) is 2.74. The number of nitrogens with one attached hydrogen (secondary N) is 1. The third kappa shape index (κ3) is 2.61. The van der Waals surface area contributed by atoms with Crippen molar-refractivity contribution in [3.05, 3.63) is 40.9 Å². The fraction of sp³-hybridized carbons (Fsp3) is 0.250. The maximum atomic E-state index is 8.86. The first kappa shape index (κ1) is 11.1. The van der Waals surface area contributed by atoms with Gasteiger partial charge in [0.1, 0.15) is 17.6 Å². The minimum Gasteiger partial charge on any atom is -0.363 e. The lowest BCUT2D eigenvalue weighted by Gasteiger charge is -2.04. The van der Waals surface area contributed by atoms with E-state index in [1.54, 1.807) is 0 Å². The molecule has 5 heteroatoms. The first-order valence-electron chi connectivity index (χ1n) is 5.23. The SMILES string of the molecule is Cc1cc(CNc2ccc(C)c(C#N)n2)on1. The van der Waals surface area contributed by atoms with E-state index in [0.29, 0.717) is 18.1 Å². The average molecular weight is 228 g/mol. The van der Waals surface area contributed by atoms with Gasteiger partial charge in [0, 0.05) is 6.07 Å². The van der Waals surface area contributed by atoms with Gasteiger partial charge in [0.25, 0.3) is 0 Å². The van der Waals surface area contributed by atoms with Crippen LogP contribution in [0.3, 0.4) is 0 Å². The van der Waals surface area contributed by atoms with Crippen LogP contribution in [0.25, 0.3) is 0 Å². The van der Waals surface area contributed by atoms with Crippen LogP contribution < -0.4 is 5.32 Å². The quantitative estimate of drug-likeness (QED) is 0.871. The molecule has 5 nitrogen and oxygen atoms in total. The normalized spacial score (nSPS) is 9.94. The molecule has 0 saturated carbocycles. The maximum Gasteiger partial charge on any atom is 0.156 e. The van der Waals surface area contributed by atoms with Crippen LogP contribution in [0.4, 0.5) is 5.82 Å². The number of nitrogens with zero attached hydrogens (tertiary/aromatic N) is 3. The topological polar surface area (TPSA) is 74.7 Å². The minimum atomic E-state index is 0.434. The van der Waals surface area contributed by atoms with Crippen LogP contribution in [0, 0.1) is 25.2 Å². The second kappa shape index (κ2) is 4.66. The highest BCUT2D eigenvalue weighted by Crippen LogP contribution is 2.11. The van der Waals surface area contributed by atoms with Crippen LogP contribution in [0.5, 0.6) is 0 Å². The summed E-state index contributed by atoms with van der Waals surface area (Å²) in [7, 11) is 0. The first-order valence-corrected chi connectivity index (χ1v) is 5.23. The van der Waals surface area contributed by atoms with Gasteiger partial charge in [-0.1, -0.05) is 11.2 Å². The van der Waals surface area contributed by atoms with Gasteiger partial charge in [-0.2, -0.15) is 5.26 Å². The zero-order valence-corrected chi connectivity index (χ0v) is 9.69. The van der Waals surface area contributed by atoms with Gasteiger partial charge in [-0.05, 0) is 25.5 Å². The molecule has 0 unspecified atom stereocenters. The predicted molar refractivity (Wildman–Crippen MR) is 62.3 cm³/mol. The second-order valence-electron chi connectivity index (χ2n) is 3.76. The van der Waals surface area contributed by atoms with Crippen LogP contribution in [-0.4, -0.2) is 10.1 Å². The minimum absolute atomic E-state index is 0.434. The highest BCUT2D eigenvalue weighted by atomic mass is 16.5. The van der Waals surface area contributed by atoms with Crippen molar-refractivity contribution in [3.8, 4) is 6.07 Å². The van der Waals surface area contributed by atoms with Crippen LogP contribution in [0.1, 0.15) is 22.7 Å². The number of aromatic nitrogens is 2. The van der Waals surface area contributed by atoms with Crippen molar-refractivity contribution in [1.82, 2.24) is 10.1 Å². The molecule has 0 atom stereocenters. The predicted octanol–water partition coefficient (Wildman–Crippen LogP) is 2.17. The number of pyridine rings is 1. The van der Waals surface area contributed by atoms with E-state index in [0.717, 1.165) is 17.0 Å². The zero-order chi connectivity index (χ0) is 12.3. The zero-order valence-electron chi connectivity index (χ0n) is 9.69. The number of rotatable bonds is 3. The van der Waals surface area contributed by atoms with Crippen molar-refractivity contribution in [1.29, 1.82) is 5.26 Å². The Labute approximate surface area is 99.1 Å². The molecule has 0 bridgehead atoms. The molecule has 17 heavy (non-hydrogen) atoms. The number of hydrogen-bond donors (Lipinski definition) is 1. The van der Waals surface area contributed by atoms with E-state index in [4.69, 9.17) is 9.78 Å². The lowest BCUT2D eigenvalue weighted by Crippen LogP contribution is -2.02. The van der Waals surface area contributed by atoms with Crippen LogP contribution in [0.2, 0.25) is 0 Å². The molecule has 0 fully saturated rings. The molecule has 2 aromatic heterocycles. The summed E-state index contributed by atoms with van der Waals surface area (Å²) in [6.45, 7) is 4.22. The number of nitriles is 1. The Morgan fingerprint density at radius 3 is 2.88 bits per heavy atom. The fourth-order valence-electron chi connectivity index (χ4n) is 1.42. The largest absolute Gasteiger partial charge is 0.363 e. The smallest absolute Gasteiger partial charge is 0.156 e. The monoisotopic (exact) mass is 228 g/mol. The molecule has 86 valence electrons. The summed E-state index contributed by atoms with van der Waals surface area (Å²) < 4.78 is 5.06. The standard InChI is InChI=1S/C12H12N4O/c1-8-3-4-12(15-11(8)6-13)14-7-10-5-9(2)16-17-10/h3-5H,7H2,1-2H3,(H,14,15). The fourth-order valence-corrected chi connectivity index (χ4v) is 1.42. The summed E-state index contributed by atoms with van der Waals surface area (Å²) in [5, 5.41) is 15.7. The molecule has 0 radical (unpaired) electrons. The van der Waals surface area contributed by atoms with E-state index >= 15 is 0 Å². The molecule has 0 aliphatic heterocycles. The summed E-state index contributed by atoms with van der Waals surface area (Å²) in [5.41, 5.74) is 2.15. The second-order valence-corrected chi connectivity index (χ2v) is 3.76. The van der Waals surface area contributed by atoms with E-state index in [2.05, 4.69) is 21.5 Å². The van der Waals surface area contributed by atoms with Gasteiger partial charge in [-0.25, -0.2) is 4.98 Å². The molecule has 2 rings (SSSR count). The Morgan fingerprint density at radius 2 is 2.24 bits per heavy atom. The Balaban J connectivity index is 2.07. The molecule has 2 heterocycles. The third-order valence-corrected chi connectivity index (χ3v) is 2.32. The number of aryl methyl sites for hydroxylation is 2. The van der Waals surface area contributed by atoms with Crippen LogP contribution in [0.15, 0.2) is 22.7 Å². The van der Waals surface area contributed by atoms with Gasteiger partial charge in [-0.15, -0.1) is 0 Å². The summed E-state index contributed by atoms with van der Waals surface area (Å²) in [6.07, 6.45) is 0. The lowest BCUT2D eigenvalue weighted by atomic mass is 10.2. The highest BCUT2D eigenvalue weighted by molar-refractivity contribution is 5.42. The molecule has 0 aliphatic rings. The van der Waals surface area contributed by atoms with Gasteiger partial charge in [0.15, 0.2) is 5.76 Å². The Hall–Kier alpha value is -2.35. The van der Waals surface area contributed by atoms with Crippen LogP contribution in [-0.2, 0) is 6.54 Å². The Kier molecular flexibility index (Phi) is 3.06. The Morgan fingerprint density at radius 1 is 1.41 bits per heavy atom. The molecule has 0 saturated heterocycles. The van der Waals surface area contributed by atoms with E-state index in [1.807, 2.05) is 32.0 Å². The molecule has 0 aromatic carbocycles. The van der Waals surface area contributed by atoms with Gasteiger partial charge >= 0.3 is 0 Å². The van der Waals surface area contributed by atoms with E-state index < -0.39 is 0 Å². The molecule has 0 spiro atoms. The summed E-state index contributed by atoms with van der Waals surface area (Å²) in [6, 6.07) is 7.60. The van der Waals surface area contributed by atoms with E-state index in [1.165, 1.54) is 0 Å². The number of anilines is 1. The number of hydrogen-bond acceptors (Lipinski definition) is 5.